The lowest BCUT2D eigenvalue weighted by Crippen LogP contribution is -2.12. The van der Waals surface area contributed by atoms with E-state index < -0.39 is 0 Å². The van der Waals surface area contributed by atoms with Gasteiger partial charge in [0.2, 0.25) is 5.88 Å². The maximum atomic E-state index is 12.0. The van der Waals surface area contributed by atoms with Crippen molar-refractivity contribution in [1.29, 1.82) is 0 Å². The van der Waals surface area contributed by atoms with Crippen LogP contribution in [0.5, 0.6) is 11.6 Å². The highest BCUT2D eigenvalue weighted by Gasteiger charge is 2.07. The van der Waals surface area contributed by atoms with Gasteiger partial charge in [0.15, 0.2) is 0 Å². The molecule has 104 valence electrons. The van der Waals surface area contributed by atoms with E-state index >= 15 is 0 Å². The van der Waals surface area contributed by atoms with Gasteiger partial charge in [0, 0.05) is 18.0 Å². The molecule has 0 saturated carbocycles. The van der Waals surface area contributed by atoms with Gasteiger partial charge in [-0.05, 0) is 37.3 Å². The number of benzene rings is 1. The maximum absolute atomic E-state index is 12.0. The van der Waals surface area contributed by atoms with Gasteiger partial charge in [-0.2, -0.15) is 0 Å². The molecule has 1 heterocycles. The Morgan fingerprint density at radius 1 is 1.20 bits per heavy atom. The second-order valence-corrected chi connectivity index (χ2v) is 4.00. The summed E-state index contributed by atoms with van der Waals surface area (Å²) in [6.07, 6.45) is 1.47. The van der Waals surface area contributed by atoms with Crippen LogP contribution in [0.25, 0.3) is 0 Å². The normalized spacial score (nSPS) is 9.90. The Morgan fingerprint density at radius 3 is 2.50 bits per heavy atom. The molecule has 1 aromatic heterocycles. The molecule has 5 heteroatoms. The van der Waals surface area contributed by atoms with E-state index in [-0.39, 0.29) is 5.91 Å². The molecular weight excluding hydrogens is 256 g/mol. The average molecular weight is 272 g/mol. The van der Waals surface area contributed by atoms with Crippen molar-refractivity contribution < 1.29 is 14.3 Å². The van der Waals surface area contributed by atoms with Gasteiger partial charge in [0.1, 0.15) is 5.75 Å². The summed E-state index contributed by atoms with van der Waals surface area (Å²) >= 11 is 0. The highest BCUT2D eigenvalue weighted by molar-refractivity contribution is 6.04. The van der Waals surface area contributed by atoms with Crippen LogP contribution in [0.3, 0.4) is 0 Å². The number of nitrogens with zero attached hydrogens (tertiary/aromatic N) is 1. The van der Waals surface area contributed by atoms with Gasteiger partial charge >= 0.3 is 0 Å². The minimum Gasteiger partial charge on any atom is -0.494 e. The molecule has 2 aromatic rings. The molecule has 2 rings (SSSR count). The minimum absolute atomic E-state index is 0.218. The smallest absolute Gasteiger partial charge is 0.257 e. The number of anilines is 1. The van der Waals surface area contributed by atoms with Crippen LogP contribution >= 0.6 is 0 Å². The summed E-state index contributed by atoms with van der Waals surface area (Å²) in [6, 6.07) is 10.5. The number of amides is 1. The Morgan fingerprint density at radius 2 is 1.95 bits per heavy atom. The van der Waals surface area contributed by atoms with Gasteiger partial charge in [-0.1, -0.05) is 0 Å². The number of pyridine rings is 1. The molecule has 0 radical (unpaired) electrons. The van der Waals surface area contributed by atoms with Crippen LogP contribution in [0, 0.1) is 0 Å². The Balaban J connectivity index is 2.02. The van der Waals surface area contributed by atoms with Gasteiger partial charge in [-0.3, -0.25) is 4.79 Å². The number of ether oxygens (including phenoxy) is 2. The molecule has 5 nitrogen and oxygen atoms in total. The van der Waals surface area contributed by atoms with E-state index in [0.29, 0.717) is 23.7 Å². The van der Waals surface area contributed by atoms with E-state index in [9.17, 15) is 4.79 Å². The quantitative estimate of drug-likeness (QED) is 0.909. The highest BCUT2D eigenvalue weighted by Crippen LogP contribution is 2.16. The lowest BCUT2D eigenvalue weighted by molar-refractivity contribution is 0.102. The molecule has 0 spiro atoms. The number of rotatable bonds is 5. The van der Waals surface area contributed by atoms with E-state index in [1.165, 1.54) is 13.3 Å². The standard InChI is InChI=1S/C15H16N2O3/c1-3-20-13-7-5-12(6-8-13)17-15(18)11-4-9-14(19-2)16-10-11/h4-10H,3H2,1-2H3,(H,17,18). The molecule has 0 aliphatic carbocycles. The van der Waals surface area contributed by atoms with Crippen molar-refractivity contribution in [2.24, 2.45) is 0 Å². The minimum atomic E-state index is -0.218. The van der Waals surface area contributed by atoms with Gasteiger partial charge in [-0.15, -0.1) is 0 Å². The summed E-state index contributed by atoms with van der Waals surface area (Å²) in [5.41, 5.74) is 1.17. The second-order valence-electron chi connectivity index (χ2n) is 4.00. The highest BCUT2D eigenvalue weighted by atomic mass is 16.5. The Bertz CT molecular complexity index is 565. The largest absolute Gasteiger partial charge is 0.494 e. The van der Waals surface area contributed by atoms with E-state index in [0.717, 1.165) is 5.75 Å². The third-order valence-electron chi connectivity index (χ3n) is 2.63. The van der Waals surface area contributed by atoms with Gasteiger partial charge in [0.25, 0.3) is 5.91 Å². The molecule has 0 fully saturated rings. The van der Waals surface area contributed by atoms with Gasteiger partial charge < -0.3 is 14.8 Å². The van der Waals surface area contributed by atoms with Crippen molar-refractivity contribution in [3.8, 4) is 11.6 Å². The first kappa shape index (κ1) is 13.9. The van der Waals surface area contributed by atoms with Crippen LogP contribution in [0.1, 0.15) is 17.3 Å². The summed E-state index contributed by atoms with van der Waals surface area (Å²) < 4.78 is 10.3. The predicted octanol–water partition coefficient (Wildman–Crippen LogP) is 2.74. The number of hydrogen-bond donors (Lipinski definition) is 1. The average Bonchev–Trinajstić information content (AvgIpc) is 2.49. The van der Waals surface area contributed by atoms with Crippen LogP contribution in [-0.2, 0) is 0 Å². The zero-order valence-corrected chi connectivity index (χ0v) is 11.4. The Kier molecular flexibility index (Phi) is 4.55. The van der Waals surface area contributed by atoms with Crippen molar-refractivity contribution in [2.45, 2.75) is 6.92 Å². The molecule has 1 aromatic carbocycles. The first-order valence-corrected chi connectivity index (χ1v) is 6.27. The van der Waals surface area contributed by atoms with Crippen LogP contribution < -0.4 is 14.8 Å². The van der Waals surface area contributed by atoms with Crippen LogP contribution in [0.2, 0.25) is 0 Å². The molecule has 0 aliphatic heterocycles. The summed E-state index contributed by atoms with van der Waals surface area (Å²) in [7, 11) is 1.53. The summed E-state index contributed by atoms with van der Waals surface area (Å²) in [5, 5.41) is 2.79. The Hall–Kier alpha value is -2.56. The van der Waals surface area contributed by atoms with Crippen LogP contribution in [0.4, 0.5) is 5.69 Å². The van der Waals surface area contributed by atoms with Gasteiger partial charge in [0.05, 0.1) is 19.3 Å². The molecular formula is C15H16N2O3. The van der Waals surface area contributed by atoms with Crippen molar-refractivity contribution in [3.05, 3.63) is 48.2 Å². The monoisotopic (exact) mass is 272 g/mol. The first-order valence-electron chi connectivity index (χ1n) is 6.27. The van der Waals surface area contributed by atoms with Crippen molar-refractivity contribution >= 4 is 11.6 Å². The lowest BCUT2D eigenvalue weighted by Gasteiger charge is -2.07. The fraction of sp³-hybridized carbons (Fsp3) is 0.200. The van der Waals surface area contributed by atoms with Crippen LogP contribution in [0.15, 0.2) is 42.6 Å². The summed E-state index contributed by atoms with van der Waals surface area (Å²) in [4.78, 5) is 16.0. The van der Waals surface area contributed by atoms with E-state index in [1.807, 2.05) is 19.1 Å². The molecule has 1 N–H and O–H groups in total. The van der Waals surface area contributed by atoms with Crippen molar-refractivity contribution in [2.75, 3.05) is 19.0 Å². The molecule has 0 bridgehead atoms. The second kappa shape index (κ2) is 6.56. The molecule has 0 saturated heterocycles. The Labute approximate surface area is 117 Å². The zero-order chi connectivity index (χ0) is 14.4. The lowest BCUT2D eigenvalue weighted by atomic mass is 10.2. The topological polar surface area (TPSA) is 60.5 Å². The van der Waals surface area contributed by atoms with Gasteiger partial charge in [-0.25, -0.2) is 4.98 Å². The first-order chi connectivity index (χ1) is 9.72. The summed E-state index contributed by atoms with van der Waals surface area (Å²) in [5.74, 6) is 1.03. The number of hydrogen-bond acceptors (Lipinski definition) is 4. The molecule has 1 amide bonds. The van der Waals surface area contributed by atoms with E-state index in [1.54, 1.807) is 24.3 Å². The molecule has 0 unspecified atom stereocenters. The van der Waals surface area contributed by atoms with Crippen molar-refractivity contribution in [3.63, 3.8) is 0 Å². The number of nitrogens with one attached hydrogen (secondary N) is 1. The zero-order valence-electron chi connectivity index (χ0n) is 11.4. The van der Waals surface area contributed by atoms with Crippen molar-refractivity contribution in [1.82, 2.24) is 4.98 Å². The third-order valence-corrected chi connectivity index (χ3v) is 2.63. The fourth-order valence-electron chi connectivity index (χ4n) is 1.64. The van der Waals surface area contributed by atoms with E-state index in [4.69, 9.17) is 9.47 Å². The molecule has 20 heavy (non-hydrogen) atoms. The van der Waals surface area contributed by atoms with Crippen LogP contribution in [-0.4, -0.2) is 24.6 Å². The number of aromatic nitrogens is 1. The van der Waals surface area contributed by atoms with E-state index in [2.05, 4.69) is 10.3 Å². The maximum Gasteiger partial charge on any atom is 0.257 e. The number of methoxy groups -OCH3 is 1. The summed E-state index contributed by atoms with van der Waals surface area (Å²) in [6.45, 7) is 2.54. The fourth-order valence-corrected chi connectivity index (χ4v) is 1.64. The molecule has 0 atom stereocenters. The number of carbonyl (C=O) groups is 1. The third kappa shape index (κ3) is 3.47. The SMILES string of the molecule is CCOc1ccc(NC(=O)c2ccc(OC)nc2)cc1. The predicted molar refractivity (Wildman–Crippen MR) is 76.4 cm³/mol. The molecule has 0 aliphatic rings. The number of carbonyl (C=O) groups excluding carboxylic acids is 1.